The van der Waals surface area contributed by atoms with Crippen LogP contribution < -0.4 is 19.1 Å². The van der Waals surface area contributed by atoms with Crippen molar-refractivity contribution < 1.29 is 22.7 Å². The van der Waals surface area contributed by atoms with Crippen LogP contribution in [-0.4, -0.2) is 35.1 Å². The number of rotatable bonds is 10. The van der Waals surface area contributed by atoms with Gasteiger partial charge in [0.2, 0.25) is 5.91 Å². The Kier molecular flexibility index (Phi) is 8.17. The van der Waals surface area contributed by atoms with Crippen LogP contribution in [0.3, 0.4) is 0 Å². The topological polar surface area (TPSA) is 84.9 Å². The number of aryl methyl sites for hydroxylation is 1. The van der Waals surface area contributed by atoms with Crippen LogP contribution in [-0.2, 0) is 14.8 Å². The van der Waals surface area contributed by atoms with Gasteiger partial charge in [-0.25, -0.2) is 8.42 Å². The number of anilines is 1. The average molecular weight is 483 g/mol. The fourth-order valence-corrected chi connectivity index (χ4v) is 5.09. The third-order valence-electron chi connectivity index (χ3n) is 5.48. The number of sulfonamides is 1. The zero-order valence-corrected chi connectivity index (χ0v) is 20.6. The lowest BCUT2D eigenvalue weighted by atomic mass is 10.0. The van der Waals surface area contributed by atoms with Crippen LogP contribution in [0.2, 0.25) is 0 Å². The Balaban J connectivity index is 1.95. The molecular formula is C26H30N2O5S. The highest BCUT2D eigenvalue weighted by Crippen LogP contribution is 2.33. The smallest absolute Gasteiger partial charge is 0.264 e. The van der Waals surface area contributed by atoms with Gasteiger partial charge >= 0.3 is 0 Å². The lowest BCUT2D eigenvalue weighted by Crippen LogP contribution is -2.42. The molecule has 8 heteroatoms. The predicted octanol–water partition coefficient (Wildman–Crippen LogP) is 4.48. The van der Waals surface area contributed by atoms with Gasteiger partial charge in [0.15, 0.2) is 0 Å². The molecule has 0 saturated heterocycles. The number of ether oxygens (including phenoxy) is 2. The SMILES string of the molecule is CC[C@@H](NC(=O)CN(c1cc(C)ccc1OC)S(=O)(=O)c1ccccc1)c1ccc(OC)cc1. The minimum Gasteiger partial charge on any atom is -0.497 e. The highest BCUT2D eigenvalue weighted by Gasteiger charge is 2.30. The predicted molar refractivity (Wildman–Crippen MR) is 133 cm³/mol. The first kappa shape index (κ1) is 25.1. The van der Waals surface area contributed by atoms with Gasteiger partial charge in [0, 0.05) is 0 Å². The van der Waals surface area contributed by atoms with Gasteiger partial charge < -0.3 is 14.8 Å². The van der Waals surface area contributed by atoms with Crippen molar-refractivity contribution in [2.24, 2.45) is 0 Å². The highest BCUT2D eigenvalue weighted by molar-refractivity contribution is 7.92. The number of methoxy groups -OCH3 is 2. The molecule has 0 fully saturated rings. The van der Waals surface area contributed by atoms with Crippen molar-refractivity contribution in [2.45, 2.75) is 31.2 Å². The summed E-state index contributed by atoms with van der Waals surface area (Å²) >= 11 is 0. The molecule has 0 heterocycles. The maximum Gasteiger partial charge on any atom is 0.264 e. The molecular weight excluding hydrogens is 452 g/mol. The molecule has 0 bridgehead atoms. The van der Waals surface area contributed by atoms with E-state index in [2.05, 4.69) is 5.32 Å². The Hall–Kier alpha value is -3.52. The van der Waals surface area contributed by atoms with Gasteiger partial charge in [0.05, 0.1) is 30.8 Å². The number of carbonyl (C=O) groups is 1. The molecule has 7 nitrogen and oxygen atoms in total. The summed E-state index contributed by atoms with van der Waals surface area (Å²) in [6, 6.07) is 20.4. The van der Waals surface area contributed by atoms with Crippen molar-refractivity contribution in [1.29, 1.82) is 0 Å². The lowest BCUT2D eigenvalue weighted by Gasteiger charge is -2.27. The Morgan fingerprint density at radius 1 is 0.971 bits per heavy atom. The van der Waals surface area contributed by atoms with E-state index >= 15 is 0 Å². The van der Waals surface area contributed by atoms with Gasteiger partial charge in [-0.2, -0.15) is 0 Å². The summed E-state index contributed by atoms with van der Waals surface area (Å²) in [7, 11) is -0.975. The maximum atomic E-state index is 13.6. The Labute approximate surface area is 201 Å². The lowest BCUT2D eigenvalue weighted by molar-refractivity contribution is -0.120. The van der Waals surface area contributed by atoms with Crippen LogP contribution in [0.15, 0.2) is 77.7 Å². The molecule has 180 valence electrons. The zero-order chi connectivity index (χ0) is 24.7. The maximum absolute atomic E-state index is 13.6. The number of amides is 1. The molecule has 1 amide bonds. The number of hydrogen-bond donors (Lipinski definition) is 1. The van der Waals surface area contributed by atoms with Crippen molar-refractivity contribution in [3.8, 4) is 11.5 Å². The fourth-order valence-electron chi connectivity index (χ4n) is 3.64. The van der Waals surface area contributed by atoms with Crippen LogP contribution in [0.5, 0.6) is 11.5 Å². The van der Waals surface area contributed by atoms with Gasteiger partial charge in [0.25, 0.3) is 10.0 Å². The largest absolute Gasteiger partial charge is 0.497 e. The zero-order valence-electron chi connectivity index (χ0n) is 19.8. The second-order valence-corrected chi connectivity index (χ2v) is 9.66. The Morgan fingerprint density at radius 2 is 1.65 bits per heavy atom. The molecule has 1 N–H and O–H groups in total. The van der Waals surface area contributed by atoms with Crippen molar-refractivity contribution in [2.75, 3.05) is 25.1 Å². The summed E-state index contributed by atoms with van der Waals surface area (Å²) in [5.41, 5.74) is 2.05. The molecule has 34 heavy (non-hydrogen) atoms. The second kappa shape index (κ2) is 11.1. The van der Waals surface area contributed by atoms with Gasteiger partial charge in [-0.05, 0) is 60.9 Å². The first-order valence-electron chi connectivity index (χ1n) is 11.0. The Morgan fingerprint density at radius 3 is 2.24 bits per heavy atom. The first-order valence-corrected chi connectivity index (χ1v) is 12.4. The van der Waals surface area contributed by atoms with Gasteiger partial charge in [-0.1, -0.05) is 43.3 Å². The summed E-state index contributed by atoms with van der Waals surface area (Å²) in [4.78, 5) is 13.3. The van der Waals surface area contributed by atoms with Crippen LogP contribution in [0.25, 0.3) is 0 Å². The standard InChI is InChI=1S/C26H30N2O5S/c1-5-23(20-12-14-21(32-3)15-13-20)27-26(29)18-28(24-17-19(2)11-16-25(24)33-4)34(30,31)22-9-7-6-8-10-22/h6-17,23H,5,18H2,1-4H3,(H,27,29)/t23-/m1/s1. The quantitative estimate of drug-likeness (QED) is 0.461. The third kappa shape index (κ3) is 5.69. The van der Waals surface area contributed by atoms with Crippen molar-refractivity contribution in [3.05, 3.63) is 83.9 Å². The van der Waals surface area contributed by atoms with Gasteiger partial charge in [-0.3, -0.25) is 9.10 Å². The van der Waals surface area contributed by atoms with E-state index in [1.54, 1.807) is 37.4 Å². The minimum atomic E-state index is -4.04. The fraction of sp³-hybridized carbons (Fsp3) is 0.269. The number of hydrogen-bond acceptors (Lipinski definition) is 5. The summed E-state index contributed by atoms with van der Waals surface area (Å²) in [6.07, 6.45) is 0.636. The van der Waals surface area contributed by atoms with Crippen LogP contribution in [0.4, 0.5) is 5.69 Å². The molecule has 0 spiro atoms. The summed E-state index contributed by atoms with van der Waals surface area (Å²) in [5, 5.41) is 2.97. The van der Waals surface area contributed by atoms with Gasteiger partial charge in [0.1, 0.15) is 18.0 Å². The Bertz CT molecular complexity index is 1210. The summed E-state index contributed by atoms with van der Waals surface area (Å²) in [5.74, 6) is 0.655. The normalized spacial score (nSPS) is 12.0. The number of nitrogens with one attached hydrogen (secondary N) is 1. The van der Waals surface area contributed by atoms with E-state index < -0.39 is 22.5 Å². The van der Waals surface area contributed by atoms with E-state index in [0.717, 1.165) is 21.2 Å². The van der Waals surface area contributed by atoms with Crippen molar-refractivity contribution in [3.63, 3.8) is 0 Å². The van der Waals surface area contributed by atoms with E-state index in [1.807, 2.05) is 44.2 Å². The van der Waals surface area contributed by atoms with Crippen molar-refractivity contribution >= 4 is 21.6 Å². The highest BCUT2D eigenvalue weighted by atomic mass is 32.2. The van der Waals surface area contributed by atoms with E-state index in [9.17, 15) is 13.2 Å². The minimum absolute atomic E-state index is 0.0913. The molecule has 0 aromatic heterocycles. The van der Waals surface area contributed by atoms with E-state index in [0.29, 0.717) is 17.9 Å². The average Bonchev–Trinajstić information content (AvgIpc) is 2.86. The number of nitrogens with zero attached hydrogens (tertiary/aromatic N) is 1. The second-order valence-electron chi connectivity index (χ2n) is 7.80. The molecule has 0 saturated carbocycles. The van der Waals surface area contributed by atoms with Crippen LogP contribution in [0.1, 0.15) is 30.5 Å². The van der Waals surface area contributed by atoms with E-state index in [-0.39, 0.29) is 10.9 Å². The molecule has 3 rings (SSSR count). The molecule has 3 aromatic rings. The number of carbonyl (C=O) groups excluding carboxylic acids is 1. The molecule has 0 aliphatic heterocycles. The molecule has 3 aromatic carbocycles. The van der Waals surface area contributed by atoms with E-state index in [1.165, 1.54) is 19.2 Å². The number of benzene rings is 3. The van der Waals surface area contributed by atoms with Crippen LogP contribution in [0, 0.1) is 6.92 Å². The van der Waals surface area contributed by atoms with E-state index in [4.69, 9.17) is 9.47 Å². The van der Waals surface area contributed by atoms with Crippen LogP contribution >= 0.6 is 0 Å². The summed E-state index contributed by atoms with van der Waals surface area (Å²) in [6.45, 7) is 3.41. The van der Waals surface area contributed by atoms with Crippen molar-refractivity contribution in [1.82, 2.24) is 5.32 Å². The first-order chi connectivity index (χ1) is 16.3. The molecule has 0 aliphatic carbocycles. The summed E-state index contributed by atoms with van der Waals surface area (Å²) < 4.78 is 39.0. The monoisotopic (exact) mass is 482 g/mol. The molecule has 0 unspecified atom stereocenters. The van der Waals surface area contributed by atoms with Gasteiger partial charge in [-0.15, -0.1) is 0 Å². The third-order valence-corrected chi connectivity index (χ3v) is 7.26. The molecule has 0 aliphatic rings. The molecule has 1 atom stereocenters. The molecule has 0 radical (unpaired) electrons.